The summed E-state index contributed by atoms with van der Waals surface area (Å²) >= 11 is 15.5. The van der Waals surface area contributed by atoms with E-state index >= 15 is 0 Å². The molecule has 0 atom stereocenters. The van der Waals surface area contributed by atoms with Crippen molar-refractivity contribution in [2.45, 2.75) is 4.90 Å². The van der Waals surface area contributed by atoms with Crippen molar-refractivity contribution in [3.8, 4) is 17.4 Å². The van der Waals surface area contributed by atoms with E-state index in [1.165, 1.54) is 55.8 Å². The molecule has 0 unspecified atom stereocenters. The van der Waals surface area contributed by atoms with Crippen molar-refractivity contribution < 1.29 is 22.7 Å². The third-order valence-corrected chi connectivity index (χ3v) is 7.42. The molecule has 0 radical (unpaired) electrons. The van der Waals surface area contributed by atoms with Gasteiger partial charge < -0.3 is 14.8 Å². The molecule has 37 heavy (non-hydrogen) atoms. The summed E-state index contributed by atoms with van der Waals surface area (Å²) in [6.45, 7) is 0. The second kappa shape index (κ2) is 11.4. The molecule has 3 aromatic carbocycles. The Balaban J connectivity index is 1.54. The van der Waals surface area contributed by atoms with Crippen LogP contribution in [0.15, 0.2) is 88.4 Å². The normalized spacial score (nSPS) is 11.0. The highest BCUT2D eigenvalue weighted by atomic mass is 79.9. The van der Waals surface area contributed by atoms with Crippen LogP contribution in [-0.2, 0) is 10.0 Å². The van der Waals surface area contributed by atoms with Gasteiger partial charge in [0.2, 0.25) is 5.88 Å². The molecule has 190 valence electrons. The maximum atomic E-state index is 13.1. The number of ether oxygens (including phenoxy) is 2. The number of methoxy groups -OCH3 is 1. The number of aromatic nitrogens is 1. The molecule has 1 aromatic heterocycles. The lowest BCUT2D eigenvalue weighted by atomic mass is 10.1. The highest BCUT2D eigenvalue weighted by Crippen LogP contribution is 2.31. The number of halogens is 3. The zero-order valence-electron chi connectivity index (χ0n) is 19.0. The summed E-state index contributed by atoms with van der Waals surface area (Å²) in [7, 11) is -2.59. The van der Waals surface area contributed by atoms with Crippen molar-refractivity contribution in [2.24, 2.45) is 0 Å². The Hall–Kier alpha value is -3.31. The molecule has 0 saturated heterocycles. The van der Waals surface area contributed by atoms with Gasteiger partial charge in [-0.1, -0.05) is 35.3 Å². The molecular weight excluding hydrogens is 605 g/mol. The van der Waals surface area contributed by atoms with Gasteiger partial charge in [-0.3, -0.25) is 9.52 Å². The number of para-hydroxylation sites is 1. The number of benzene rings is 3. The zero-order chi connectivity index (χ0) is 26.6. The summed E-state index contributed by atoms with van der Waals surface area (Å²) in [5.74, 6) is 0.590. The van der Waals surface area contributed by atoms with E-state index in [2.05, 4.69) is 31.0 Å². The Morgan fingerprint density at radius 3 is 2.41 bits per heavy atom. The van der Waals surface area contributed by atoms with Gasteiger partial charge in [-0.05, 0) is 76.6 Å². The topological polar surface area (TPSA) is 107 Å². The Morgan fingerprint density at radius 1 is 1.00 bits per heavy atom. The lowest BCUT2D eigenvalue weighted by molar-refractivity contribution is 0.102. The SMILES string of the molecule is COc1ncc(NC(=O)c2cc(Cl)ccc2NS(=O)(=O)c2ccc(Oc3ccccc3Cl)cc2)cc1Br. The fourth-order valence-corrected chi connectivity index (χ4v) is 5.12. The molecule has 0 saturated carbocycles. The fourth-order valence-electron chi connectivity index (χ4n) is 3.18. The van der Waals surface area contributed by atoms with E-state index in [0.717, 1.165) is 0 Å². The third-order valence-electron chi connectivity index (χ3n) is 4.93. The fraction of sp³-hybridized carbons (Fsp3) is 0.0400. The van der Waals surface area contributed by atoms with Gasteiger partial charge in [-0.2, -0.15) is 0 Å². The van der Waals surface area contributed by atoms with Crippen molar-refractivity contribution in [3.63, 3.8) is 0 Å². The van der Waals surface area contributed by atoms with Crippen LogP contribution >= 0.6 is 39.1 Å². The van der Waals surface area contributed by atoms with E-state index in [4.69, 9.17) is 32.7 Å². The molecule has 1 heterocycles. The molecule has 0 fully saturated rings. The number of hydrogen-bond acceptors (Lipinski definition) is 6. The van der Waals surface area contributed by atoms with Gasteiger partial charge in [0.15, 0.2) is 0 Å². The highest BCUT2D eigenvalue weighted by molar-refractivity contribution is 9.10. The molecular formula is C25H18BrCl2N3O5S. The van der Waals surface area contributed by atoms with Crippen LogP contribution < -0.4 is 19.5 Å². The summed E-state index contributed by atoms with van der Waals surface area (Å²) in [5, 5.41) is 3.35. The predicted molar refractivity (Wildman–Crippen MR) is 147 cm³/mol. The number of carbonyl (C=O) groups is 1. The predicted octanol–water partition coefficient (Wildman–Crippen LogP) is 7.00. The van der Waals surface area contributed by atoms with Crippen molar-refractivity contribution >= 4 is 66.4 Å². The number of nitrogens with zero attached hydrogens (tertiary/aromatic N) is 1. The van der Waals surface area contributed by atoms with Crippen molar-refractivity contribution in [3.05, 3.63) is 99.1 Å². The molecule has 8 nitrogen and oxygen atoms in total. The molecule has 0 spiro atoms. The minimum atomic E-state index is -4.06. The van der Waals surface area contributed by atoms with Crippen LogP contribution in [0.1, 0.15) is 10.4 Å². The lowest BCUT2D eigenvalue weighted by Crippen LogP contribution is -2.19. The summed E-state index contributed by atoms with van der Waals surface area (Å²) in [4.78, 5) is 17.1. The Labute approximate surface area is 231 Å². The minimum absolute atomic E-state index is 0.0155. The van der Waals surface area contributed by atoms with Crippen LogP contribution in [0.4, 0.5) is 11.4 Å². The molecule has 2 N–H and O–H groups in total. The van der Waals surface area contributed by atoms with Crippen LogP contribution in [0, 0.1) is 0 Å². The summed E-state index contributed by atoms with van der Waals surface area (Å²) in [6, 6.07) is 18.5. The van der Waals surface area contributed by atoms with Gasteiger partial charge in [-0.15, -0.1) is 0 Å². The lowest BCUT2D eigenvalue weighted by Gasteiger charge is -2.14. The van der Waals surface area contributed by atoms with Gasteiger partial charge in [0.25, 0.3) is 15.9 Å². The van der Waals surface area contributed by atoms with E-state index in [9.17, 15) is 13.2 Å². The third kappa shape index (κ3) is 6.53. The first-order valence-corrected chi connectivity index (χ1v) is 13.5. The smallest absolute Gasteiger partial charge is 0.261 e. The largest absolute Gasteiger partial charge is 0.480 e. The highest BCUT2D eigenvalue weighted by Gasteiger charge is 2.20. The van der Waals surface area contributed by atoms with E-state index in [-0.39, 0.29) is 21.2 Å². The maximum absolute atomic E-state index is 13.1. The second-order valence-corrected chi connectivity index (χ2v) is 10.8. The van der Waals surface area contributed by atoms with Crippen molar-refractivity contribution in [2.75, 3.05) is 17.1 Å². The first-order valence-electron chi connectivity index (χ1n) is 10.5. The number of sulfonamides is 1. The number of nitrogens with one attached hydrogen (secondary N) is 2. The molecule has 12 heteroatoms. The Kier molecular flexibility index (Phi) is 8.23. The number of rotatable bonds is 8. The van der Waals surface area contributed by atoms with Gasteiger partial charge in [0.1, 0.15) is 11.5 Å². The second-order valence-electron chi connectivity index (χ2n) is 7.47. The molecule has 4 rings (SSSR count). The first kappa shape index (κ1) is 26.7. The number of anilines is 2. The van der Waals surface area contributed by atoms with E-state index < -0.39 is 15.9 Å². The van der Waals surface area contributed by atoms with E-state index in [1.807, 2.05) is 0 Å². The molecule has 0 aliphatic rings. The Morgan fingerprint density at radius 2 is 1.73 bits per heavy atom. The Bertz CT molecular complexity index is 1570. The van der Waals surface area contributed by atoms with Gasteiger partial charge >= 0.3 is 0 Å². The minimum Gasteiger partial charge on any atom is -0.480 e. The monoisotopic (exact) mass is 621 g/mol. The number of pyridine rings is 1. The van der Waals surface area contributed by atoms with Crippen LogP contribution in [0.25, 0.3) is 0 Å². The summed E-state index contributed by atoms with van der Waals surface area (Å²) in [5.41, 5.74) is 0.418. The average molecular weight is 623 g/mol. The quantitative estimate of drug-likeness (QED) is 0.219. The standard InChI is InChI=1S/C25H18BrCl2N3O5S/c1-35-25-20(26)13-16(14-29-25)30-24(32)19-12-15(27)6-11-22(19)31-37(33,34)18-9-7-17(8-10-18)36-23-5-3-2-4-21(23)28/h2-14,31H,1H3,(H,30,32). The number of amides is 1. The average Bonchev–Trinajstić information content (AvgIpc) is 2.87. The number of carbonyl (C=O) groups excluding carboxylic acids is 1. The summed E-state index contributed by atoms with van der Waals surface area (Å²) < 4.78 is 40.0. The molecule has 0 aliphatic heterocycles. The van der Waals surface area contributed by atoms with Crippen LogP contribution in [-0.4, -0.2) is 26.4 Å². The van der Waals surface area contributed by atoms with Gasteiger partial charge in [-0.25, -0.2) is 13.4 Å². The van der Waals surface area contributed by atoms with Crippen molar-refractivity contribution in [1.82, 2.24) is 4.98 Å². The van der Waals surface area contributed by atoms with Gasteiger partial charge in [0.05, 0.1) is 44.6 Å². The maximum Gasteiger partial charge on any atom is 0.261 e. The zero-order valence-corrected chi connectivity index (χ0v) is 23.0. The molecule has 0 aliphatic carbocycles. The van der Waals surface area contributed by atoms with Gasteiger partial charge in [0, 0.05) is 5.02 Å². The van der Waals surface area contributed by atoms with Crippen LogP contribution in [0.2, 0.25) is 10.0 Å². The summed E-state index contributed by atoms with van der Waals surface area (Å²) in [6.07, 6.45) is 1.40. The number of hydrogen-bond donors (Lipinski definition) is 2. The van der Waals surface area contributed by atoms with E-state index in [0.29, 0.717) is 32.6 Å². The van der Waals surface area contributed by atoms with Crippen LogP contribution in [0.3, 0.4) is 0 Å². The molecule has 0 bridgehead atoms. The van der Waals surface area contributed by atoms with Crippen molar-refractivity contribution in [1.29, 1.82) is 0 Å². The molecule has 4 aromatic rings. The molecule has 1 amide bonds. The van der Waals surface area contributed by atoms with Crippen LogP contribution in [0.5, 0.6) is 17.4 Å². The first-order chi connectivity index (χ1) is 17.7. The van der Waals surface area contributed by atoms with E-state index in [1.54, 1.807) is 30.3 Å².